The van der Waals surface area contributed by atoms with Crippen LogP contribution < -0.4 is 5.32 Å². The van der Waals surface area contributed by atoms with Crippen LogP contribution in [0.2, 0.25) is 0 Å². The molecule has 1 amide bonds. The average molecular weight is 349 g/mol. The number of nitrogens with one attached hydrogen (secondary N) is 1. The minimum absolute atomic E-state index is 0. The van der Waals surface area contributed by atoms with E-state index in [-0.39, 0.29) is 18.3 Å². The summed E-state index contributed by atoms with van der Waals surface area (Å²) in [5, 5.41) is 7.88. The molecule has 1 saturated heterocycles. The lowest BCUT2D eigenvalue weighted by molar-refractivity contribution is 0.0706. The second-order valence-corrected chi connectivity index (χ2v) is 6.15. The zero-order valence-electron chi connectivity index (χ0n) is 14.5. The number of benzene rings is 1. The maximum absolute atomic E-state index is 12.9. The Balaban J connectivity index is 0.00000208. The molecule has 1 N–H and O–H groups in total. The second-order valence-electron chi connectivity index (χ2n) is 6.15. The van der Waals surface area contributed by atoms with Gasteiger partial charge in [0.05, 0.1) is 22.6 Å². The number of aromatic nitrogens is 2. The third-order valence-electron chi connectivity index (χ3n) is 4.70. The number of piperidine rings is 1. The van der Waals surface area contributed by atoms with Gasteiger partial charge in [-0.2, -0.15) is 5.10 Å². The van der Waals surface area contributed by atoms with Crippen LogP contribution in [-0.2, 0) is 0 Å². The molecule has 0 saturated carbocycles. The van der Waals surface area contributed by atoms with E-state index in [9.17, 15) is 4.79 Å². The Labute approximate surface area is 149 Å². The van der Waals surface area contributed by atoms with Gasteiger partial charge in [-0.15, -0.1) is 12.4 Å². The first-order valence-electron chi connectivity index (χ1n) is 8.20. The summed E-state index contributed by atoms with van der Waals surface area (Å²) in [5.74, 6) is 0.108. The zero-order valence-corrected chi connectivity index (χ0v) is 15.3. The fraction of sp³-hybridized carbons (Fsp3) is 0.444. The first kappa shape index (κ1) is 18.5. The van der Waals surface area contributed by atoms with Gasteiger partial charge in [0.25, 0.3) is 5.91 Å². The minimum atomic E-state index is 0. The van der Waals surface area contributed by atoms with Gasteiger partial charge in [-0.1, -0.05) is 18.2 Å². The second kappa shape index (κ2) is 7.81. The summed E-state index contributed by atoms with van der Waals surface area (Å²) in [5.41, 5.74) is 3.44. The summed E-state index contributed by atoms with van der Waals surface area (Å²) in [6.45, 7) is 5.50. The van der Waals surface area contributed by atoms with E-state index in [1.807, 2.05) is 60.8 Å². The van der Waals surface area contributed by atoms with Crippen molar-refractivity contribution in [2.24, 2.45) is 0 Å². The number of nitrogens with zero attached hydrogens (tertiary/aromatic N) is 3. The number of aryl methyl sites for hydroxylation is 1. The Morgan fingerprint density at radius 1 is 1.17 bits per heavy atom. The van der Waals surface area contributed by atoms with Crippen LogP contribution >= 0.6 is 12.4 Å². The van der Waals surface area contributed by atoms with Gasteiger partial charge in [-0.25, -0.2) is 4.68 Å². The van der Waals surface area contributed by atoms with Crippen LogP contribution in [0.5, 0.6) is 0 Å². The topological polar surface area (TPSA) is 50.2 Å². The van der Waals surface area contributed by atoms with Gasteiger partial charge in [0.1, 0.15) is 0 Å². The molecule has 0 atom stereocenters. The number of halogens is 1. The van der Waals surface area contributed by atoms with Crippen LogP contribution in [0.4, 0.5) is 0 Å². The first-order valence-corrected chi connectivity index (χ1v) is 8.20. The molecule has 0 aliphatic carbocycles. The van der Waals surface area contributed by atoms with Crippen LogP contribution in [-0.4, -0.2) is 46.8 Å². The van der Waals surface area contributed by atoms with Gasteiger partial charge in [0.15, 0.2) is 0 Å². The van der Waals surface area contributed by atoms with E-state index in [0.717, 1.165) is 48.6 Å². The molecule has 1 aromatic heterocycles. The molecule has 6 heteroatoms. The van der Waals surface area contributed by atoms with E-state index in [4.69, 9.17) is 0 Å². The molecule has 1 fully saturated rings. The van der Waals surface area contributed by atoms with E-state index in [0.29, 0.717) is 6.04 Å². The van der Waals surface area contributed by atoms with Gasteiger partial charge in [0.2, 0.25) is 0 Å². The molecule has 1 aromatic carbocycles. The number of hydrogen-bond donors (Lipinski definition) is 1. The summed E-state index contributed by atoms with van der Waals surface area (Å²) in [6, 6.07) is 10.5. The quantitative estimate of drug-likeness (QED) is 0.927. The van der Waals surface area contributed by atoms with E-state index in [1.54, 1.807) is 0 Å². The Morgan fingerprint density at radius 3 is 2.38 bits per heavy atom. The lowest BCUT2D eigenvalue weighted by atomic mass is 10.0. The van der Waals surface area contributed by atoms with E-state index in [1.165, 1.54) is 0 Å². The average Bonchev–Trinajstić information content (AvgIpc) is 2.89. The number of para-hydroxylation sites is 1. The summed E-state index contributed by atoms with van der Waals surface area (Å²) in [4.78, 5) is 14.9. The molecule has 24 heavy (non-hydrogen) atoms. The van der Waals surface area contributed by atoms with Crippen molar-refractivity contribution < 1.29 is 4.79 Å². The predicted molar refractivity (Wildman–Crippen MR) is 98.3 cm³/mol. The molecule has 5 nitrogen and oxygen atoms in total. The maximum Gasteiger partial charge on any atom is 0.257 e. The van der Waals surface area contributed by atoms with Gasteiger partial charge >= 0.3 is 0 Å². The maximum atomic E-state index is 12.9. The molecular formula is C18H25ClN4O. The van der Waals surface area contributed by atoms with Crippen LogP contribution in [0, 0.1) is 13.8 Å². The number of carbonyl (C=O) groups is 1. The molecule has 0 bridgehead atoms. The summed E-state index contributed by atoms with van der Waals surface area (Å²) in [7, 11) is 1.99. The van der Waals surface area contributed by atoms with Crippen molar-refractivity contribution >= 4 is 18.3 Å². The lowest BCUT2D eigenvalue weighted by Gasteiger charge is -2.31. The molecule has 1 aliphatic heterocycles. The van der Waals surface area contributed by atoms with E-state index in [2.05, 4.69) is 10.4 Å². The van der Waals surface area contributed by atoms with Crippen LogP contribution in [0.15, 0.2) is 30.3 Å². The third kappa shape index (κ3) is 3.47. The molecule has 1 aliphatic rings. The fourth-order valence-electron chi connectivity index (χ4n) is 3.30. The molecule has 0 spiro atoms. The largest absolute Gasteiger partial charge is 0.338 e. The predicted octanol–water partition coefficient (Wildman–Crippen LogP) is 2.73. The number of hydrogen-bond acceptors (Lipinski definition) is 3. The highest BCUT2D eigenvalue weighted by Gasteiger charge is 2.27. The molecule has 2 aromatic rings. The smallest absolute Gasteiger partial charge is 0.257 e. The van der Waals surface area contributed by atoms with Crippen molar-refractivity contribution in [3.63, 3.8) is 0 Å². The van der Waals surface area contributed by atoms with Gasteiger partial charge in [-0.05, 0) is 45.9 Å². The lowest BCUT2D eigenvalue weighted by Crippen LogP contribution is -2.44. The zero-order chi connectivity index (χ0) is 16.4. The Hall–Kier alpha value is -1.85. The highest BCUT2D eigenvalue weighted by atomic mass is 35.5. The SMILES string of the molecule is CNC1CCN(C(=O)c2c(C)nn(-c3ccccc3)c2C)CC1.Cl. The number of likely N-dealkylation sites (tertiary alicyclic amines) is 1. The number of amides is 1. The third-order valence-corrected chi connectivity index (χ3v) is 4.70. The van der Waals surface area contributed by atoms with E-state index >= 15 is 0 Å². The van der Waals surface area contributed by atoms with Crippen molar-refractivity contribution in [1.82, 2.24) is 20.0 Å². The summed E-state index contributed by atoms with van der Waals surface area (Å²) in [6.07, 6.45) is 2.01. The monoisotopic (exact) mass is 348 g/mol. The van der Waals surface area contributed by atoms with Crippen molar-refractivity contribution in [2.75, 3.05) is 20.1 Å². The van der Waals surface area contributed by atoms with Crippen molar-refractivity contribution in [1.29, 1.82) is 0 Å². The molecule has 2 heterocycles. The number of rotatable bonds is 3. The van der Waals surface area contributed by atoms with Crippen molar-refractivity contribution in [2.45, 2.75) is 32.7 Å². The van der Waals surface area contributed by atoms with Gasteiger partial charge in [-0.3, -0.25) is 4.79 Å². The minimum Gasteiger partial charge on any atom is -0.338 e. The molecule has 3 rings (SSSR count). The van der Waals surface area contributed by atoms with Gasteiger partial charge in [0, 0.05) is 19.1 Å². The van der Waals surface area contributed by atoms with Crippen molar-refractivity contribution in [3.8, 4) is 5.69 Å². The first-order chi connectivity index (χ1) is 11.1. The summed E-state index contributed by atoms with van der Waals surface area (Å²) >= 11 is 0. The highest BCUT2D eigenvalue weighted by molar-refractivity contribution is 5.96. The summed E-state index contributed by atoms with van der Waals surface area (Å²) < 4.78 is 1.86. The Morgan fingerprint density at radius 2 is 1.79 bits per heavy atom. The molecular weight excluding hydrogens is 324 g/mol. The van der Waals surface area contributed by atoms with E-state index < -0.39 is 0 Å². The highest BCUT2D eigenvalue weighted by Crippen LogP contribution is 2.21. The molecule has 0 radical (unpaired) electrons. The van der Waals surface area contributed by atoms with Crippen LogP contribution in [0.3, 0.4) is 0 Å². The van der Waals surface area contributed by atoms with Gasteiger partial charge < -0.3 is 10.2 Å². The van der Waals surface area contributed by atoms with Crippen molar-refractivity contribution in [3.05, 3.63) is 47.3 Å². The normalized spacial score (nSPS) is 15.2. The van der Waals surface area contributed by atoms with Crippen LogP contribution in [0.1, 0.15) is 34.6 Å². The fourth-order valence-corrected chi connectivity index (χ4v) is 3.30. The standard InChI is InChI=1S/C18H24N4O.ClH/c1-13-17(18(23)21-11-9-15(19-3)10-12-21)14(2)22(20-13)16-7-5-4-6-8-16;/h4-8,15,19H,9-12H2,1-3H3;1H. The molecule has 0 unspecified atom stereocenters. The van der Waals surface area contributed by atoms with Crippen LogP contribution in [0.25, 0.3) is 5.69 Å². The molecule has 130 valence electrons. The number of carbonyl (C=O) groups excluding carboxylic acids is 1. The Bertz CT molecular complexity index is 691. The Kier molecular flexibility index (Phi) is 6.02.